The van der Waals surface area contributed by atoms with Gasteiger partial charge in [-0.2, -0.15) is 0 Å². The van der Waals surface area contributed by atoms with Gasteiger partial charge in [-0.05, 0) is 44.7 Å². The predicted octanol–water partition coefficient (Wildman–Crippen LogP) is 2.34. The Kier molecular flexibility index (Phi) is 3.82. The summed E-state index contributed by atoms with van der Waals surface area (Å²) >= 11 is 0. The topological polar surface area (TPSA) is 81.3 Å². The van der Waals surface area contributed by atoms with Crippen molar-refractivity contribution in [3.05, 3.63) is 35.0 Å². The lowest BCUT2D eigenvalue weighted by atomic mass is 10.0. The van der Waals surface area contributed by atoms with Crippen LogP contribution in [0.15, 0.2) is 18.2 Å². The molecule has 1 aromatic carbocycles. The molecular weight excluding hydrogens is 316 g/mol. The number of rotatable bonds is 4. The molecule has 6 nitrogen and oxygen atoms in total. The third-order valence-electron chi connectivity index (χ3n) is 5.24. The number of carbonyl (C=O) groups is 1. The third kappa shape index (κ3) is 2.62. The van der Waals surface area contributed by atoms with Crippen molar-refractivity contribution >= 4 is 11.9 Å². The second kappa shape index (κ2) is 6.02. The second-order valence-corrected chi connectivity index (χ2v) is 6.76. The van der Waals surface area contributed by atoms with Crippen molar-refractivity contribution in [3.8, 4) is 17.0 Å². The molecule has 2 heterocycles. The van der Waals surface area contributed by atoms with Gasteiger partial charge in [0.15, 0.2) is 0 Å². The average Bonchev–Trinajstić information content (AvgIpc) is 3.07. The molecular formula is C19H22N4O2. The first-order valence-corrected chi connectivity index (χ1v) is 8.73. The van der Waals surface area contributed by atoms with Crippen molar-refractivity contribution in [1.29, 1.82) is 0 Å². The summed E-state index contributed by atoms with van der Waals surface area (Å²) in [4.78, 5) is 23.5. The first-order chi connectivity index (χ1) is 12.1. The number of benzene rings is 1. The lowest BCUT2D eigenvalue weighted by Gasteiger charge is -2.39. The average molecular weight is 338 g/mol. The number of anilines is 1. The molecule has 2 aliphatic rings. The van der Waals surface area contributed by atoms with E-state index in [1.807, 2.05) is 12.1 Å². The summed E-state index contributed by atoms with van der Waals surface area (Å²) in [5, 5.41) is 0. The van der Waals surface area contributed by atoms with Gasteiger partial charge in [0.25, 0.3) is 5.91 Å². The number of nitrogens with zero attached hydrogens (tertiary/aromatic N) is 3. The highest BCUT2D eigenvalue weighted by molar-refractivity contribution is 5.96. The molecule has 0 spiro atoms. The number of primary amides is 1. The highest BCUT2D eigenvalue weighted by Gasteiger charge is 2.29. The molecule has 130 valence electrons. The summed E-state index contributed by atoms with van der Waals surface area (Å²) < 4.78 is 5.36. The fourth-order valence-electron chi connectivity index (χ4n) is 3.64. The molecule has 0 unspecified atom stereocenters. The SMILES string of the molecule is COc1cc(-c2nc(N3CC[C@@H]3C)nc3c2CCC3)ccc1C(N)=O. The van der Waals surface area contributed by atoms with Gasteiger partial charge in [0, 0.05) is 29.4 Å². The number of fused-ring (bicyclic) bond motifs is 1. The zero-order chi connectivity index (χ0) is 17.6. The minimum absolute atomic E-state index is 0.383. The van der Waals surface area contributed by atoms with Crippen LogP contribution in [0.4, 0.5) is 5.95 Å². The maximum atomic E-state index is 11.6. The number of aromatic nitrogens is 2. The fourth-order valence-corrected chi connectivity index (χ4v) is 3.64. The summed E-state index contributed by atoms with van der Waals surface area (Å²) in [6.45, 7) is 3.20. The van der Waals surface area contributed by atoms with Gasteiger partial charge in [0.1, 0.15) is 5.75 Å². The lowest BCUT2D eigenvalue weighted by molar-refractivity contribution is 0.0997. The van der Waals surface area contributed by atoms with E-state index in [2.05, 4.69) is 11.8 Å². The van der Waals surface area contributed by atoms with E-state index < -0.39 is 5.91 Å². The van der Waals surface area contributed by atoms with Gasteiger partial charge in [0.05, 0.1) is 18.4 Å². The van der Waals surface area contributed by atoms with E-state index >= 15 is 0 Å². The molecule has 0 bridgehead atoms. The normalized spacial score (nSPS) is 18.6. The summed E-state index contributed by atoms with van der Waals surface area (Å²) in [7, 11) is 1.54. The molecule has 1 aliphatic heterocycles. The minimum Gasteiger partial charge on any atom is -0.496 e. The smallest absolute Gasteiger partial charge is 0.252 e. The van der Waals surface area contributed by atoms with Gasteiger partial charge < -0.3 is 15.4 Å². The molecule has 1 aliphatic carbocycles. The van der Waals surface area contributed by atoms with Crippen LogP contribution < -0.4 is 15.4 Å². The largest absolute Gasteiger partial charge is 0.496 e. The van der Waals surface area contributed by atoms with E-state index in [-0.39, 0.29) is 0 Å². The summed E-state index contributed by atoms with van der Waals surface area (Å²) in [5.41, 5.74) is 10.1. The zero-order valence-electron chi connectivity index (χ0n) is 14.6. The van der Waals surface area contributed by atoms with Crippen molar-refractivity contribution in [2.75, 3.05) is 18.6 Å². The number of carbonyl (C=O) groups excluding carboxylic acids is 1. The lowest BCUT2D eigenvalue weighted by Crippen LogP contribution is -2.46. The monoisotopic (exact) mass is 338 g/mol. The van der Waals surface area contributed by atoms with E-state index in [1.54, 1.807) is 13.2 Å². The van der Waals surface area contributed by atoms with Crippen LogP contribution in [0, 0.1) is 0 Å². The standard InChI is InChI=1S/C19H22N4O2/c1-11-8-9-23(11)19-21-15-5-3-4-13(15)17(22-19)12-6-7-14(18(20)24)16(10-12)25-2/h6-7,10-11H,3-5,8-9H2,1-2H3,(H2,20,24)/t11-/m0/s1. The van der Waals surface area contributed by atoms with Gasteiger partial charge in [0.2, 0.25) is 5.95 Å². The van der Waals surface area contributed by atoms with Crippen LogP contribution >= 0.6 is 0 Å². The van der Waals surface area contributed by atoms with E-state index in [0.29, 0.717) is 17.4 Å². The van der Waals surface area contributed by atoms with Crippen molar-refractivity contribution in [1.82, 2.24) is 9.97 Å². The molecule has 6 heteroatoms. The van der Waals surface area contributed by atoms with Crippen LogP contribution in [-0.2, 0) is 12.8 Å². The maximum Gasteiger partial charge on any atom is 0.252 e. The molecule has 2 N–H and O–H groups in total. The molecule has 4 rings (SSSR count). The Bertz CT molecular complexity index is 850. The Balaban J connectivity index is 1.83. The number of hydrogen-bond acceptors (Lipinski definition) is 5. The Morgan fingerprint density at radius 3 is 2.80 bits per heavy atom. The highest BCUT2D eigenvalue weighted by atomic mass is 16.5. The molecule has 25 heavy (non-hydrogen) atoms. The zero-order valence-corrected chi connectivity index (χ0v) is 14.6. The molecule has 0 radical (unpaired) electrons. The number of methoxy groups -OCH3 is 1. The van der Waals surface area contributed by atoms with Crippen molar-refractivity contribution in [2.24, 2.45) is 5.73 Å². The second-order valence-electron chi connectivity index (χ2n) is 6.76. The summed E-state index contributed by atoms with van der Waals surface area (Å²) in [6.07, 6.45) is 4.26. The Labute approximate surface area is 147 Å². The van der Waals surface area contributed by atoms with Gasteiger partial charge in [-0.15, -0.1) is 0 Å². The molecule has 1 saturated heterocycles. The van der Waals surface area contributed by atoms with Gasteiger partial charge in [-0.25, -0.2) is 9.97 Å². The van der Waals surface area contributed by atoms with E-state index in [0.717, 1.165) is 48.7 Å². The predicted molar refractivity (Wildman–Crippen MR) is 96.0 cm³/mol. The molecule has 1 atom stereocenters. The molecule has 0 saturated carbocycles. The van der Waals surface area contributed by atoms with Crippen molar-refractivity contribution in [2.45, 2.75) is 38.6 Å². The van der Waals surface area contributed by atoms with Gasteiger partial charge in [-0.3, -0.25) is 4.79 Å². The highest BCUT2D eigenvalue weighted by Crippen LogP contribution is 2.35. The Hall–Kier alpha value is -2.63. The van der Waals surface area contributed by atoms with Crippen LogP contribution in [-0.4, -0.2) is 35.6 Å². The van der Waals surface area contributed by atoms with Gasteiger partial charge >= 0.3 is 0 Å². The number of ether oxygens (including phenoxy) is 1. The molecule has 1 amide bonds. The summed E-state index contributed by atoms with van der Waals surface area (Å²) in [6, 6.07) is 5.95. The van der Waals surface area contributed by atoms with E-state index in [1.165, 1.54) is 12.0 Å². The quantitative estimate of drug-likeness (QED) is 0.925. The summed E-state index contributed by atoms with van der Waals surface area (Å²) in [5.74, 6) is 0.799. The van der Waals surface area contributed by atoms with Crippen molar-refractivity contribution in [3.63, 3.8) is 0 Å². The van der Waals surface area contributed by atoms with Crippen LogP contribution in [0.5, 0.6) is 5.75 Å². The van der Waals surface area contributed by atoms with E-state index in [9.17, 15) is 4.79 Å². The van der Waals surface area contributed by atoms with E-state index in [4.69, 9.17) is 20.4 Å². The Morgan fingerprint density at radius 1 is 1.32 bits per heavy atom. The first kappa shape index (κ1) is 15.9. The van der Waals surface area contributed by atoms with Crippen LogP contribution in [0.3, 0.4) is 0 Å². The fraction of sp³-hybridized carbons (Fsp3) is 0.421. The van der Waals surface area contributed by atoms with Crippen molar-refractivity contribution < 1.29 is 9.53 Å². The number of hydrogen-bond donors (Lipinski definition) is 1. The number of aryl methyl sites for hydroxylation is 1. The molecule has 1 fully saturated rings. The number of nitrogens with two attached hydrogens (primary N) is 1. The van der Waals surface area contributed by atoms with Crippen LogP contribution in [0.1, 0.15) is 41.4 Å². The first-order valence-electron chi connectivity index (χ1n) is 8.73. The van der Waals surface area contributed by atoms with Crippen LogP contribution in [0.25, 0.3) is 11.3 Å². The molecule has 2 aromatic rings. The Morgan fingerprint density at radius 2 is 2.16 bits per heavy atom. The van der Waals surface area contributed by atoms with Gasteiger partial charge in [-0.1, -0.05) is 6.07 Å². The maximum absolute atomic E-state index is 11.6. The van der Waals surface area contributed by atoms with Crippen LogP contribution in [0.2, 0.25) is 0 Å². The third-order valence-corrected chi connectivity index (χ3v) is 5.24. The molecule has 1 aromatic heterocycles. The number of amides is 1. The minimum atomic E-state index is -0.494.